The second-order valence-corrected chi connectivity index (χ2v) is 9.34. The fourth-order valence-electron chi connectivity index (χ4n) is 3.72. The van der Waals surface area contributed by atoms with E-state index in [1.807, 2.05) is 13.8 Å². The van der Waals surface area contributed by atoms with Crippen LogP contribution in [-0.2, 0) is 16.5 Å². The Bertz CT molecular complexity index is 641. The fourth-order valence-corrected chi connectivity index (χ4v) is 4.53. The van der Waals surface area contributed by atoms with Gasteiger partial charge in [0.05, 0.1) is 4.90 Å². The quantitative estimate of drug-likeness (QED) is 0.232. The monoisotopic (exact) mass is 413 g/mol. The average molecular weight is 414 g/mol. The number of unbranched alkanes of at least 4 members (excludes halogenated alkanes) is 12. The van der Waals surface area contributed by atoms with E-state index < -0.39 is 10.1 Å². The van der Waals surface area contributed by atoms with Crippen molar-refractivity contribution in [2.45, 2.75) is 116 Å². The molecule has 0 aromatic heterocycles. The minimum Gasteiger partial charge on any atom is -0.344 e. The molecule has 0 atom stereocenters. The summed E-state index contributed by atoms with van der Waals surface area (Å²) in [6.45, 7) is 6.19. The standard InChI is InChI=1S/C23H40O3S.H3N/c1-4-5-6-7-8-9-10-11-12-13-14-15-16-17-22-21(3)20(2)18-19-23(22)27(24,25)26;/h18-19H,4-17H2,1-3H3,(H,24,25,26);1H3. The van der Waals surface area contributed by atoms with E-state index in [-0.39, 0.29) is 11.0 Å². The van der Waals surface area contributed by atoms with Gasteiger partial charge < -0.3 is 6.15 Å². The van der Waals surface area contributed by atoms with Crippen LogP contribution in [0.5, 0.6) is 0 Å². The summed E-state index contributed by atoms with van der Waals surface area (Å²) in [5.41, 5.74) is 2.86. The van der Waals surface area contributed by atoms with Gasteiger partial charge in [0.1, 0.15) is 0 Å². The van der Waals surface area contributed by atoms with Crippen molar-refractivity contribution in [1.82, 2.24) is 6.15 Å². The summed E-state index contributed by atoms with van der Waals surface area (Å²) >= 11 is 0. The van der Waals surface area contributed by atoms with Gasteiger partial charge >= 0.3 is 0 Å². The Hall–Kier alpha value is -0.910. The first kappa shape index (κ1) is 27.1. The summed E-state index contributed by atoms with van der Waals surface area (Å²) in [6, 6.07) is 3.31. The van der Waals surface area contributed by atoms with Crippen LogP contribution in [0.1, 0.15) is 107 Å². The van der Waals surface area contributed by atoms with Crippen LogP contribution in [0.3, 0.4) is 0 Å². The molecule has 0 amide bonds. The molecular formula is C23H43NO3S. The van der Waals surface area contributed by atoms with Crippen LogP contribution in [0.4, 0.5) is 0 Å². The SMILES string of the molecule is CCCCCCCCCCCCCCCc1c(S(=O)(=O)O)ccc(C)c1C.N. The normalized spacial score (nSPS) is 11.4. The Morgan fingerprint density at radius 1 is 0.750 bits per heavy atom. The summed E-state index contributed by atoms with van der Waals surface area (Å²) in [5.74, 6) is 0. The number of benzene rings is 1. The number of rotatable bonds is 15. The number of hydrogen-bond donors (Lipinski definition) is 2. The molecule has 1 aromatic rings. The Labute approximate surface area is 173 Å². The molecule has 5 heteroatoms. The third kappa shape index (κ3) is 10.6. The van der Waals surface area contributed by atoms with E-state index in [1.54, 1.807) is 6.07 Å². The van der Waals surface area contributed by atoms with E-state index >= 15 is 0 Å². The van der Waals surface area contributed by atoms with Crippen molar-refractivity contribution in [1.29, 1.82) is 0 Å². The second kappa shape index (κ2) is 15.0. The predicted molar refractivity (Wildman–Crippen MR) is 120 cm³/mol. The predicted octanol–water partition coefficient (Wildman–Crippen LogP) is 7.35. The first-order valence-corrected chi connectivity index (χ1v) is 12.4. The summed E-state index contributed by atoms with van der Waals surface area (Å²) < 4.78 is 32.7. The van der Waals surface area contributed by atoms with Gasteiger partial charge in [0.25, 0.3) is 10.1 Å². The molecule has 0 radical (unpaired) electrons. The third-order valence-corrected chi connectivity index (χ3v) is 6.57. The fraction of sp³-hybridized carbons (Fsp3) is 0.739. The molecule has 0 bridgehead atoms. The molecule has 0 aliphatic heterocycles. The van der Waals surface area contributed by atoms with Crippen molar-refractivity contribution in [2.24, 2.45) is 0 Å². The largest absolute Gasteiger partial charge is 0.344 e. The van der Waals surface area contributed by atoms with Crippen molar-refractivity contribution in [2.75, 3.05) is 0 Å². The molecule has 1 rings (SSSR count). The smallest absolute Gasteiger partial charge is 0.294 e. The zero-order chi connectivity index (χ0) is 20.1. The van der Waals surface area contributed by atoms with Crippen LogP contribution >= 0.6 is 0 Å². The molecule has 28 heavy (non-hydrogen) atoms. The molecule has 0 saturated carbocycles. The molecule has 4 N–H and O–H groups in total. The topological polar surface area (TPSA) is 89.4 Å². The van der Waals surface area contributed by atoms with Gasteiger partial charge in [-0.3, -0.25) is 4.55 Å². The highest BCUT2D eigenvalue weighted by atomic mass is 32.2. The van der Waals surface area contributed by atoms with Crippen LogP contribution in [-0.4, -0.2) is 13.0 Å². The molecule has 4 nitrogen and oxygen atoms in total. The lowest BCUT2D eigenvalue weighted by Crippen LogP contribution is -2.06. The van der Waals surface area contributed by atoms with Crippen molar-refractivity contribution in [3.05, 3.63) is 28.8 Å². The van der Waals surface area contributed by atoms with E-state index in [2.05, 4.69) is 6.92 Å². The molecular weight excluding hydrogens is 370 g/mol. The second-order valence-electron chi connectivity index (χ2n) is 7.95. The minimum absolute atomic E-state index is 0. The van der Waals surface area contributed by atoms with E-state index in [1.165, 1.54) is 76.7 Å². The summed E-state index contributed by atoms with van der Waals surface area (Å²) in [4.78, 5) is 0.0875. The van der Waals surface area contributed by atoms with Gasteiger partial charge in [-0.05, 0) is 49.4 Å². The maximum Gasteiger partial charge on any atom is 0.294 e. The first-order chi connectivity index (χ1) is 12.9. The highest BCUT2D eigenvalue weighted by Gasteiger charge is 2.17. The van der Waals surface area contributed by atoms with Crippen LogP contribution in [0.2, 0.25) is 0 Å². The Morgan fingerprint density at radius 2 is 1.18 bits per heavy atom. The van der Waals surface area contributed by atoms with E-state index in [0.717, 1.165) is 36.0 Å². The zero-order valence-corrected chi connectivity index (χ0v) is 19.2. The lowest BCUT2D eigenvalue weighted by molar-refractivity contribution is 0.481. The van der Waals surface area contributed by atoms with Crippen molar-refractivity contribution < 1.29 is 13.0 Å². The van der Waals surface area contributed by atoms with Crippen molar-refractivity contribution >= 4 is 10.1 Å². The Balaban J connectivity index is 0.00000729. The van der Waals surface area contributed by atoms with Gasteiger partial charge in [-0.15, -0.1) is 0 Å². The van der Waals surface area contributed by atoms with Gasteiger partial charge in [-0.1, -0.05) is 90.0 Å². The van der Waals surface area contributed by atoms with Gasteiger partial charge in [0, 0.05) is 0 Å². The highest BCUT2D eigenvalue weighted by Crippen LogP contribution is 2.24. The Morgan fingerprint density at radius 3 is 1.61 bits per heavy atom. The van der Waals surface area contributed by atoms with Gasteiger partial charge in [0.2, 0.25) is 0 Å². The Kier molecular flexibility index (Phi) is 14.5. The van der Waals surface area contributed by atoms with Gasteiger partial charge in [-0.25, -0.2) is 0 Å². The van der Waals surface area contributed by atoms with Crippen LogP contribution < -0.4 is 6.15 Å². The van der Waals surface area contributed by atoms with E-state index in [9.17, 15) is 13.0 Å². The number of aryl methyl sites for hydroxylation is 1. The van der Waals surface area contributed by atoms with Crippen molar-refractivity contribution in [3.63, 3.8) is 0 Å². The molecule has 0 heterocycles. The lowest BCUT2D eigenvalue weighted by atomic mass is 9.97. The summed E-state index contributed by atoms with van der Waals surface area (Å²) in [5, 5.41) is 0. The zero-order valence-electron chi connectivity index (χ0n) is 18.4. The lowest BCUT2D eigenvalue weighted by Gasteiger charge is -2.13. The first-order valence-electron chi connectivity index (χ1n) is 10.9. The highest BCUT2D eigenvalue weighted by molar-refractivity contribution is 7.85. The molecule has 0 aliphatic carbocycles. The minimum atomic E-state index is -4.14. The maximum atomic E-state index is 11.6. The van der Waals surface area contributed by atoms with Gasteiger partial charge in [-0.2, -0.15) is 8.42 Å². The van der Waals surface area contributed by atoms with E-state index in [0.29, 0.717) is 0 Å². The molecule has 1 aromatic carbocycles. The van der Waals surface area contributed by atoms with Crippen LogP contribution in [0.15, 0.2) is 17.0 Å². The molecule has 0 fully saturated rings. The molecule has 164 valence electrons. The molecule has 0 unspecified atom stereocenters. The van der Waals surface area contributed by atoms with Crippen LogP contribution in [0, 0.1) is 13.8 Å². The number of hydrogen-bond acceptors (Lipinski definition) is 3. The average Bonchev–Trinajstić information content (AvgIpc) is 2.61. The maximum absolute atomic E-state index is 11.6. The molecule has 0 aliphatic rings. The molecule has 0 spiro atoms. The van der Waals surface area contributed by atoms with Gasteiger partial charge in [0.15, 0.2) is 0 Å². The summed E-state index contributed by atoms with van der Waals surface area (Å²) in [6.07, 6.45) is 17.6. The van der Waals surface area contributed by atoms with Crippen LogP contribution in [0.25, 0.3) is 0 Å². The van der Waals surface area contributed by atoms with E-state index in [4.69, 9.17) is 0 Å². The third-order valence-electron chi connectivity index (χ3n) is 5.63. The molecule has 0 saturated heterocycles. The van der Waals surface area contributed by atoms with Crippen molar-refractivity contribution in [3.8, 4) is 0 Å². The summed E-state index contributed by atoms with van der Waals surface area (Å²) in [7, 11) is -4.14.